The maximum absolute atomic E-state index is 6.14. The van der Waals surface area contributed by atoms with Crippen molar-refractivity contribution >= 4 is 47.6 Å². The lowest BCUT2D eigenvalue weighted by Crippen LogP contribution is -2.44. The lowest BCUT2D eigenvalue weighted by molar-refractivity contribution is 0.339. The van der Waals surface area contributed by atoms with Crippen molar-refractivity contribution in [3.63, 3.8) is 0 Å². The van der Waals surface area contributed by atoms with Crippen LogP contribution in [-0.4, -0.2) is 14.9 Å². The molecule has 0 atom stereocenters. The maximum Gasteiger partial charge on any atom is 0.218 e. The monoisotopic (exact) mass is 618 g/mol. The minimum atomic E-state index is -1.92. The summed E-state index contributed by atoms with van der Waals surface area (Å²) in [6.07, 6.45) is 0. The van der Waals surface area contributed by atoms with Crippen molar-refractivity contribution in [1.29, 1.82) is 0 Å². The molecule has 3 nitrogen and oxygen atoms in total. The van der Waals surface area contributed by atoms with Gasteiger partial charge in [0.05, 0.1) is 0 Å². The molecule has 0 unspecified atom stereocenters. The zero-order chi connectivity index (χ0) is 32.1. The molecule has 0 radical (unpaired) electrons. The largest absolute Gasteiger partial charge is 0.413 e. The normalized spacial score (nSPS) is 11.3. The van der Waals surface area contributed by atoms with Gasteiger partial charge >= 0.3 is 0 Å². The molecule has 0 heterocycles. The van der Waals surface area contributed by atoms with Gasteiger partial charge in [0, 0.05) is 40.7 Å². The van der Waals surface area contributed by atoms with E-state index in [1.165, 1.54) is 27.4 Å². The van der Waals surface area contributed by atoms with Crippen LogP contribution in [0.1, 0.15) is 18.1 Å². The van der Waals surface area contributed by atoms with Crippen molar-refractivity contribution in [2.45, 2.75) is 33.9 Å². The third kappa shape index (κ3) is 6.84. The Morgan fingerprint density at radius 3 is 1.13 bits per heavy atom. The van der Waals surface area contributed by atoms with Crippen LogP contribution in [0.3, 0.4) is 0 Å². The van der Waals surface area contributed by atoms with Crippen LogP contribution in [0.25, 0.3) is 11.1 Å². The van der Waals surface area contributed by atoms with Gasteiger partial charge in [0.2, 0.25) is 8.32 Å². The first-order valence-corrected chi connectivity index (χ1v) is 19.0. The van der Waals surface area contributed by atoms with Crippen LogP contribution in [0.2, 0.25) is 13.1 Å². The first-order chi connectivity index (χ1) is 22.3. The average molecular weight is 619 g/mol. The lowest BCUT2D eigenvalue weighted by Gasteiger charge is -2.27. The van der Waals surface area contributed by atoms with Crippen LogP contribution in [-0.2, 0) is 4.43 Å². The minimum absolute atomic E-state index is 0.740. The second kappa shape index (κ2) is 13.6. The molecule has 230 valence electrons. The second-order valence-electron chi connectivity index (χ2n) is 12.3. The Labute approximate surface area is 275 Å². The molecule has 0 aliphatic rings. The van der Waals surface area contributed by atoms with Crippen LogP contribution in [0.15, 0.2) is 152 Å². The Morgan fingerprint density at radius 2 is 0.761 bits per heavy atom. The van der Waals surface area contributed by atoms with Gasteiger partial charge in [-0.05, 0) is 123 Å². The topological polar surface area (TPSA) is 15.7 Å². The summed E-state index contributed by atoms with van der Waals surface area (Å²) >= 11 is 0. The van der Waals surface area contributed by atoms with Crippen molar-refractivity contribution in [2.24, 2.45) is 0 Å². The van der Waals surface area contributed by atoms with Crippen LogP contribution < -0.4 is 15.0 Å². The number of benzene rings is 6. The first-order valence-electron chi connectivity index (χ1n) is 16.1. The van der Waals surface area contributed by atoms with Gasteiger partial charge in [-0.2, -0.15) is 0 Å². The number of rotatable bonds is 10. The average Bonchev–Trinajstić information content (AvgIpc) is 3.08. The Bertz CT molecular complexity index is 1800. The predicted molar refractivity (Wildman–Crippen MR) is 199 cm³/mol. The number of nitrogens with zero attached hydrogens (tertiary/aromatic N) is 2. The van der Waals surface area contributed by atoms with Gasteiger partial charge in [0.1, 0.15) is 0 Å². The molecule has 0 saturated carbocycles. The van der Waals surface area contributed by atoms with Crippen LogP contribution in [0.5, 0.6) is 0 Å². The van der Waals surface area contributed by atoms with Crippen LogP contribution >= 0.6 is 0 Å². The summed E-state index contributed by atoms with van der Waals surface area (Å²) in [4.78, 5) is 4.62. The maximum atomic E-state index is 6.14. The molecule has 4 heteroatoms. The van der Waals surface area contributed by atoms with E-state index in [0.29, 0.717) is 0 Å². The molecular weight excluding hydrogens is 577 g/mol. The Hall–Kier alpha value is -4.90. The summed E-state index contributed by atoms with van der Waals surface area (Å²) < 4.78 is 6.14. The zero-order valence-electron chi connectivity index (χ0n) is 27.4. The molecule has 0 aliphatic heterocycles. The SMILES string of the molecule is CCO[Si](C)(C)c1ccc(N(c2ccccc2)c2ccc(-c3ccc(N(c4ccc(C)cc4)c4ccc(C)cc4)cc3)cc2)cc1. The Kier molecular flexibility index (Phi) is 9.20. The number of anilines is 6. The molecule has 0 amide bonds. The van der Waals surface area contributed by atoms with E-state index < -0.39 is 8.32 Å². The third-order valence-electron chi connectivity index (χ3n) is 8.51. The molecule has 0 spiro atoms. The van der Waals surface area contributed by atoms with Crippen LogP contribution in [0.4, 0.5) is 34.1 Å². The fraction of sp³-hybridized carbons (Fsp3) is 0.143. The summed E-state index contributed by atoms with van der Waals surface area (Å²) in [5.74, 6) is 0. The molecular formula is C42H42N2OSi. The molecule has 0 bridgehead atoms. The molecule has 0 N–H and O–H groups in total. The highest BCUT2D eigenvalue weighted by molar-refractivity contribution is 6.84. The molecule has 0 fully saturated rings. The summed E-state index contributed by atoms with van der Waals surface area (Å²) in [6.45, 7) is 11.6. The predicted octanol–water partition coefficient (Wildman–Crippen LogP) is 11.4. The van der Waals surface area contributed by atoms with E-state index in [4.69, 9.17) is 4.43 Å². The molecule has 6 rings (SSSR count). The zero-order valence-corrected chi connectivity index (χ0v) is 28.4. The molecule has 6 aromatic carbocycles. The van der Waals surface area contributed by atoms with Crippen molar-refractivity contribution in [3.8, 4) is 11.1 Å². The smallest absolute Gasteiger partial charge is 0.218 e. The standard InChI is InChI=1S/C42H42N2OSi/c1-6-45-46(4,5)42-30-28-41(29-31-42)43(36-10-8-7-9-11-36)39-24-16-34(17-25-39)35-18-26-40(27-19-35)44(37-20-12-32(2)13-21-37)38-22-14-33(3)15-23-38/h7-31H,6H2,1-5H3. The van der Waals surface area contributed by atoms with Gasteiger partial charge in [-0.25, -0.2) is 0 Å². The second-order valence-corrected chi connectivity index (χ2v) is 16.1. The fourth-order valence-corrected chi connectivity index (χ4v) is 7.78. The van der Waals surface area contributed by atoms with Gasteiger partial charge in [-0.3, -0.25) is 0 Å². The van der Waals surface area contributed by atoms with Crippen molar-refractivity contribution in [2.75, 3.05) is 16.4 Å². The molecule has 0 saturated heterocycles. The molecule has 0 aliphatic carbocycles. The van der Waals surface area contributed by atoms with E-state index in [1.54, 1.807) is 0 Å². The van der Waals surface area contributed by atoms with Crippen molar-refractivity contribution in [1.82, 2.24) is 0 Å². The van der Waals surface area contributed by atoms with E-state index in [-0.39, 0.29) is 0 Å². The summed E-state index contributed by atoms with van der Waals surface area (Å²) in [7, 11) is -1.92. The van der Waals surface area contributed by atoms with Crippen molar-refractivity contribution in [3.05, 3.63) is 163 Å². The van der Waals surface area contributed by atoms with Gasteiger partial charge in [-0.15, -0.1) is 0 Å². The first kappa shape index (κ1) is 31.1. The van der Waals surface area contributed by atoms with Gasteiger partial charge in [-0.1, -0.05) is 90.0 Å². The van der Waals surface area contributed by atoms with Gasteiger partial charge in [0.15, 0.2) is 0 Å². The quantitative estimate of drug-likeness (QED) is 0.142. The van der Waals surface area contributed by atoms with E-state index in [2.05, 4.69) is 195 Å². The molecule has 0 aromatic heterocycles. The number of para-hydroxylation sites is 1. The van der Waals surface area contributed by atoms with Gasteiger partial charge < -0.3 is 14.2 Å². The minimum Gasteiger partial charge on any atom is -0.413 e. The van der Waals surface area contributed by atoms with Crippen LogP contribution in [0, 0.1) is 13.8 Å². The van der Waals surface area contributed by atoms with Crippen molar-refractivity contribution < 1.29 is 4.43 Å². The molecule has 46 heavy (non-hydrogen) atoms. The van der Waals surface area contributed by atoms with E-state index in [1.807, 2.05) is 0 Å². The lowest BCUT2D eigenvalue weighted by atomic mass is 10.0. The summed E-state index contributed by atoms with van der Waals surface area (Å²) in [5, 5.41) is 1.30. The highest BCUT2D eigenvalue weighted by atomic mass is 28.4. The third-order valence-corrected chi connectivity index (χ3v) is 11.2. The fourth-order valence-electron chi connectivity index (χ4n) is 5.92. The van der Waals surface area contributed by atoms with E-state index in [0.717, 1.165) is 40.7 Å². The molecule has 6 aromatic rings. The highest BCUT2D eigenvalue weighted by Crippen LogP contribution is 2.38. The van der Waals surface area contributed by atoms with E-state index >= 15 is 0 Å². The Morgan fingerprint density at radius 1 is 0.435 bits per heavy atom. The number of hydrogen-bond donors (Lipinski definition) is 0. The Balaban J connectivity index is 1.30. The van der Waals surface area contributed by atoms with Gasteiger partial charge in [0.25, 0.3) is 0 Å². The highest BCUT2D eigenvalue weighted by Gasteiger charge is 2.25. The summed E-state index contributed by atoms with van der Waals surface area (Å²) in [6, 6.07) is 54.7. The number of hydrogen-bond acceptors (Lipinski definition) is 3. The number of aryl methyl sites for hydroxylation is 2. The summed E-state index contributed by atoms with van der Waals surface area (Å²) in [5.41, 5.74) is 11.6. The van der Waals surface area contributed by atoms with E-state index in [9.17, 15) is 0 Å².